The van der Waals surface area contributed by atoms with Crippen molar-refractivity contribution in [2.24, 2.45) is 11.1 Å². The van der Waals surface area contributed by atoms with Crippen molar-refractivity contribution in [2.75, 3.05) is 6.54 Å². The topological polar surface area (TPSA) is 72.9 Å². The van der Waals surface area contributed by atoms with Gasteiger partial charge in [0.15, 0.2) is 0 Å². The Bertz CT molecular complexity index is 392. The number of carbonyl (C=O) groups excluding carboxylic acids is 1. The summed E-state index contributed by atoms with van der Waals surface area (Å²) in [6, 6.07) is -0.121. The van der Waals surface area contributed by atoms with Gasteiger partial charge in [0, 0.05) is 25.2 Å². The molecular formula is C13H24N4O. The van der Waals surface area contributed by atoms with Crippen LogP contribution in [-0.4, -0.2) is 28.3 Å². The Hall–Kier alpha value is -1.36. The van der Waals surface area contributed by atoms with Gasteiger partial charge in [0.25, 0.3) is 0 Å². The molecule has 3 N–H and O–H groups in total. The zero-order chi connectivity index (χ0) is 13.8. The first kappa shape index (κ1) is 14.7. The first-order chi connectivity index (χ1) is 8.29. The van der Waals surface area contributed by atoms with Crippen molar-refractivity contribution in [3.8, 4) is 0 Å². The van der Waals surface area contributed by atoms with Gasteiger partial charge in [-0.1, -0.05) is 20.8 Å². The van der Waals surface area contributed by atoms with Gasteiger partial charge in [-0.3, -0.25) is 9.48 Å². The van der Waals surface area contributed by atoms with E-state index in [0.717, 1.165) is 5.56 Å². The summed E-state index contributed by atoms with van der Waals surface area (Å²) in [4.78, 5) is 11.7. The maximum absolute atomic E-state index is 11.7. The minimum absolute atomic E-state index is 0.00121. The van der Waals surface area contributed by atoms with Crippen LogP contribution < -0.4 is 11.1 Å². The fourth-order valence-electron chi connectivity index (χ4n) is 1.48. The molecule has 0 aromatic carbocycles. The molecule has 0 saturated heterocycles. The van der Waals surface area contributed by atoms with Crippen LogP contribution in [0.5, 0.6) is 0 Å². The van der Waals surface area contributed by atoms with Gasteiger partial charge in [-0.25, -0.2) is 0 Å². The van der Waals surface area contributed by atoms with Gasteiger partial charge < -0.3 is 11.1 Å². The van der Waals surface area contributed by atoms with Crippen LogP contribution in [0.3, 0.4) is 0 Å². The Balaban J connectivity index is 2.25. The number of hydrogen-bond donors (Lipinski definition) is 2. The highest BCUT2D eigenvalue weighted by molar-refractivity contribution is 5.76. The third-order valence-corrected chi connectivity index (χ3v) is 2.94. The predicted molar refractivity (Wildman–Crippen MR) is 72.0 cm³/mol. The van der Waals surface area contributed by atoms with E-state index in [0.29, 0.717) is 19.5 Å². The molecular weight excluding hydrogens is 228 g/mol. The van der Waals surface area contributed by atoms with Gasteiger partial charge in [0.2, 0.25) is 5.91 Å². The molecule has 5 heteroatoms. The normalized spacial score (nSPS) is 13.4. The van der Waals surface area contributed by atoms with Crippen LogP contribution in [0.4, 0.5) is 0 Å². The first-order valence-electron chi connectivity index (χ1n) is 6.30. The number of nitrogens with two attached hydrogens (primary N) is 1. The van der Waals surface area contributed by atoms with E-state index in [1.807, 2.05) is 38.6 Å². The molecule has 0 aliphatic heterocycles. The van der Waals surface area contributed by atoms with Crippen LogP contribution in [0.25, 0.3) is 0 Å². The molecule has 0 radical (unpaired) electrons. The molecule has 1 unspecified atom stereocenters. The summed E-state index contributed by atoms with van der Waals surface area (Å²) in [5.41, 5.74) is 7.04. The number of carbonyl (C=O) groups is 1. The van der Waals surface area contributed by atoms with E-state index in [1.165, 1.54) is 0 Å². The molecule has 0 bridgehead atoms. The number of amides is 1. The van der Waals surface area contributed by atoms with Crippen LogP contribution >= 0.6 is 0 Å². The van der Waals surface area contributed by atoms with E-state index in [2.05, 4.69) is 10.4 Å². The van der Waals surface area contributed by atoms with Gasteiger partial charge in [0.05, 0.1) is 12.7 Å². The third kappa shape index (κ3) is 4.87. The summed E-state index contributed by atoms with van der Waals surface area (Å²) in [5, 5.41) is 7.02. The highest BCUT2D eigenvalue weighted by atomic mass is 16.1. The predicted octanol–water partition coefficient (Wildman–Crippen LogP) is 1.07. The van der Waals surface area contributed by atoms with E-state index in [1.54, 1.807) is 6.20 Å². The quantitative estimate of drug-likeness (QED) is 0.823. The Kier molecular flexibility index (Phi) is 4.90. The lowest BCUT2D eigenvalue weighted by Gasteiger charge is -2.26. The molecule has 1 atom stereocenters. The van der Waals surface area contributed by atoms with Gasteiger partial charge in [0.1, 0.15) is 0 Å². The smallest absolute Gasteiger partial charge is 0.221 e. The second kappa shape index (κ2) is 6.00. The zero-order valence-electron chi connectivity index (χ0n) is 11.7. The summed E-state index contributed by atoms with van der Waals surface area (Å²) in [5.74, 6) is 0.00121. The molecule has 0 fully saturated rings. The molecule has 0 spiro atoms. The fourth-order valence-corrected chi connectivity index (χ4v) is 1.48. The maximum Gasteiger partial charge on any atom is 0.221 e. The van der Waals surface area contributed by atoms with Gasteiger partial charge in [-0.05, 0) is 17.9 Å². The third-order valence-electron chi connectivity index (χ3n) is 2.94. The van der Waals surface area contributed by atoms with E-state index in [9.17, 15) is 4.79 Å². The van der Waals surface area contributed by atoms with Crippen molar-refractivity contribution < 1.29 is 4.79 Å². The second-order valence-electron chi connectivity index (χ2n) is 5.81. The van der Waals surface area contributed by atoms with Crippen LogP contribution in [0.2, 0.25) is 0 Å². The molecule has 18 heavy (non-hydrogen) atoms. The Labute approximate surface area is 109 Å². The molecule has 0 saturated carbocycles. The van der Waals surface area contributed by atoms with Gasteiger partial charge in [-0.2, -0.15) is 5.10 Å². The number of rotatable bonds is 5. The Morgan fingerprint density at radius 2 is 2.22 bits per heavy atom. The van der Waals surface area contributed by atoms with Crippen molar-refractivity contribution in [1.82, 2.24) is 15.1 Å². The minimum atomic E-state index is -0.121. The summed E-state index contributed by atoms with van der Waals surface area (Å²) in [7, 11) is 0. The lowest BCUT2D eigenvalue weighted by Crippen LogP contribution is -2.40. The summed E-state index contributed by atoms with van der Waals surface area (Å²) in [6.07, 6.45) is 4.12. The molecule has 1 aromatic heterocycles. The first-order valence-corrected chi connectivity index (χ1v) is 6.30. The van der Waals surface area contributed by atoms with Crippen molar-refractivity contribution in [2.45, 2.75) is 46.7 Å². The molecule has 1 amide bonds. The lowest BCUT2D eigenvalue weighted by atomic mass is 9.85. The monoisotopic (exact) mass is 252 g/mol. The van der Waals surface area contributed by atoms with E-state index >= 15 is 0 Å². The van der Waals surface area contributed by atoms with E-state index in [-0.39, 0.29) is 17.4 Å². The highest BCUT2D eigenvalue weighted by Gasteiger charge is 2.22. The molecule has 0 aliphatic carbocycles. The molecule has 102 valence electrons. The standard InChI is InChI=1S/C13H24N4O/c1-10-8-16-17(9-10)6-5-15-12(18)7-11(14)13(2,3)4/h8-9,11H,5-7,14H2,1-4H3,(H,15,18). The maximum atomic E-state index is 11.7. The summed E-state index contributed by atoms with van der Waals surface area (Å²) < 4.78 is 1.82. The fraction of sp³-hybridized carbons (Fsp3) is 0.692. The van der Waals surface area contributed by atoms with E-state index < -0.39 is 0 Å². The van der Waals surface area contributed by atoms with Crippen LogP contribution in [0.1, 0.15) is 32.8 Å². The van der Waals surface area contributed by atoms with E-state index in [4.69, 9.17) is 5.73 Å². The highest BCUT2D eigenvalue weighted by Crippen LogP contribution is 2.19. The summed E-state index contributed by atoms with van der Waals surface area (Å²) >= 11 is 0. The minimum Gasteiger partial charge on any atom is -0.354 e. The SMILES string of the molecule is Cc1cnn(CCNC(=O)CC(N)C(C)(C)C)c1. The number of hydrogen-bond acceptors (Lipinski definition) is 3. The van der Waals surface area contributed by atoms with Gasteiger partial charge in [-0.15, -0.1) is 0 Å². The summed E-state index contributed by atoms with van der Waals surface area (Å²) in [6.45, 7) is 9.37. The zero-order valence-corrected chi connectivity index (χ0v) is 11.7. The second-order valence-corrected chi connectivity index (χ2v) is 5.81. The molecule has 0 aliphatic rings. The number of nitrogens with zero attached hydrogens (tertiary/aromatic N) is 2. The van der Waals surface area contributed by atoms with Crippen LogP contribution in [0, 0.1) is 12.3 Å². The average Bonchev–Trinajstić information content (AvgIpc) is 2.62. The lowest BCUT2D eigenvalue weighted by molar-refractivity contribution is -0.121. The Morgan fingerprint density at radius 1 is 1.56 bits per heavy atom. The molecule has 1 rings (SSSR count). The molecule has 1 aromatic rings. The van der Waals surface area contributed by atoms with Crippen molar-refractivity contribution >= 4 is 5.91 Å². The van der Waals surface area contributed by atoms with Crippen molar-refractivity contribution in [1.29, 1.82) is 0 Å². The van der Waals surface area contributed by atoms with Crippen LogP contribution in [-0.2, 0) is 11.3 Å². The average molecular weight is 252 g/mol. The number of aromatic nitrogens is 2. The molecule has 5 nitrogen and oxygen atoms in total. The van der Waals surface area contributed by atoms with Crippen molar-refractivity contribution in [3.05, 3.63) is 18.0 Å². The number of nitrogens with one attached hydrogen (secondary N) is 1. The molecule has 1 heterocycles. The largest absolute Gasteiger partial charge is 0.354 e. The van der Waals surface area contributed by atoms with Gasteiger partial charge >= 0.3 is 0 Å². The van der Waals surface area contributed by atoms with Crippen molar-refractivity contribution in [3.63, 3.8) is 0 Å². The Morgan fingerprint density at radius 3 is 2.72 bits per heavy atom. The number of aryl methyl sites for hydroxylation is 1. The van der Waals surface area contributed by atoms with Crippen LogP contribution in [0.15, 0.2) is 12.4 Å².